The molecule has 16 heavy (non-hydrogen) atoms. The summed E-state index contributed by atoms with van der Waals surface area (Å²) in [7, 11) is 0. The Hall–Kier alpha value is 0.160. The summed E-state index contributed by atoms with van der Waals surface area (Å²) in [5.74, 6) is 0.323. The number of hydrogen-bond acceptors (Lipinski definition) is 3. The molecule has 2 heterocycles. The third kappa shape index (κ3) is 1.60. The zero-order valence-corrected chi connectivity index (χ0v) is 12.2. The van der Waals surface area contributed by atoms with Gasteiger partial charge in [-0.15, -0.1) is 0 Å². The highest BCUT2D eigenvalue weighted by molar-refractivity contribution is 14.1. The van der Waals surface area contributed by atoms with E-state index in [-0.39, 0.29) is 23.1 Å². The van der Waals surface area contributed by atoms with E-state index in [0.29, 0.717) is 12.5 Å². The molecule has 0 amide bonds. The van der Waals surface area contributed by atoms with Crippen molar-refractivity contribution >= 4 is 28.6 Å². The molecule has 1 atom stereocenters. The van der Waals surface area contributed by atoms with Crippen LogP contribution in [-0.4, -0.2) is 28.7 Å². The highest BCUT2D eigenvalue weighted by Crippen LogP contribution is 2.64. The Morgan fingerprint density at radius 2 is 2.19 bits per heavy atom. The molecule has 3 rings (SSSR count). The molecule has 4 heteroatoms. The fourth-order valence-electron chi connectivity index (χ4n) is 3.20. The van der Waals surface area contributed by atoms with Crippen molar-refractivity contribution in [3.8, 4) is 0 Å². The molecule has 2 aliphatic heterocycles. The summed E-state index contributed by atoms with van der Waals surface area (Å²) in [5, 5.41) is 0. The van der Waals surface area contributed by atoms with Crippen LogP contribution >= 0.6 is 22.6 Å². The topological polar surface area (TPSA) is 35.5 Å². The number of rotatable bonds is 4. The van der Waals surface area contributed by atoms with Gasteiger partial charge in [0, 0.05) is 4.43 Å². The minimum Gasteiger partial charge on any atom is -0.465 e. The summed E-state index contributed by atoms with van der Waals surface area (Å²) in [5.41, 5.74) is -0.377. The van der Waals surface area contributed by atoms with Crippen molar-refractivity contribution in [1.29, 1.82) is 0 Å². The Morgan fingerprint density at radius 3 is 2.62 bits per heavy atom. The van der Waals surface area contributed by atoms with Crippen LogP contribution in [-0.2, 0) is 14.3 Å². The van der Waals surface area contributed by atoms with Crippen LogP contribution in [0, 0.1) is 11.3 Å². The SMILES string of the molecule is CCOC(=O)C12CC(CI)(C1)OC2C(C)C. The predicted molar refractivity (Wildman–Crippen MR) is 69.6 cm³/mol. The Bertz CT molecular complexity index is 295. The van der Waals surface area contributed by atoms with E-state index < -0.39 is 0 Å². The minimum absolute atomic E-state index is 0.0394. The van der Waals surface area contributed by atoms with Crippen LogP contribution in [0.5, 0.6) is 0 Å². The van der Waals surface area contributed by atoms with E-state index in [0.717, 1.165) is 17.3 Å². The third-order valence-corrected chi connectivity index (χ3v) is 5.12. The first kappa shape index (κ1) is 12.6. The average molecular weight is 338 g/mol. The molecule has 1 aliphatic carbocycles. The van der Waals surface area contributed by atoms with Crippen molar-refractivity contribution in [2.75, 3.05) is 11.0 Å². The third-order valence-electron chi connectivity index (χ3n) is 3.73. The molecule has 0 N–H and O–H groups in total. The summed E-state index contributed by atoms with van der Waals surface area (Å²) in [6, 6.07) is 0. The first-order chi connectivity index (χ1) is 7.49. The fourth-order valence-corrected chi connectivity index (χ4v) is 3.92. The van der Waals surface area contributed by atoms with E-state index in [4.69, 9.17) is 9.47 Å². The molecule has 1 saturated carbocycles. The van der Waals surface area contributed by atoms with Gasteiger partial charge in [0.1, 0.15) is 0 Å². The van der Waals surface area contributed by atoms with Crippen molar-refractivity contribution in [3.63, 3.8) is 0 Å². The first-order valence-electron chi connectivity index (χ1n) is 5.91. The fraction of sp³-hybridized carbons (Fsp3) is 0.917. The van der Waals surface area contributed by atoms with Crippen LogP contribution in [0.4, 0.5) is 0 Å². The van der Waals surface area contributed by atoms with Gasteiger partial charge in [-0.1, -0.05) is 36.4 Å². The normalized spacial score (nSPS) is 40.9. The summed E-state index contributed by atoms with van der Waals surface area (Å²) < 4.78 is 12.3. The zero-order valence-electron chi connectivity index (χ0n) is 10.1. The molecule has 0 radical (unpaired) electrons. The van der Waals surface area contributed by atoms with Crippen LogP contribution in [0.1, 0.15) is 33.6 Å². The molecule has 0 spiro atoms. The van der Waals surface area contributed by atoms with Crippen molar-refractivity contribution in [2.45, 2.75) is 45.3 Å². The number of alkyl halides is 1. The van der Waals surface area contributed by atoms with Gasteiger partial charge in [0.05, 0.1) is 23.7 Å². The summed E-state index contributed by atoms with van der Waals surface area (Å²) >= 11 is 2.35. The number of carbonyl (C=O) groups excluding carboxylic acids is 1. The van der Waals surface area contributed by atoms with Crippen molar-refractivity contribution in [3.05, 3.63) is 0 Å². The van der Waals surface area contributed by atoms with Crippen molar-refractivity contribution in [1.82, 2.24) is 0 Å². The second kappa shape index (κ2) is 4.12. The number of halogens is 1. The molecule has 3 nitrogen and oxygen atoms in total. The number of ether oxygens (including phenoxy) is 2. The van der Waals surface area contributed by atoms with Crippen molar-refractivity contribution < 1.29 is 14.3 Å². The average Bonchev–Trinajstić information content (AvgIpc) is 2.68. The zero-order chi connectivity index (χ0) is 12.0. The molecular weight excluding hydrogens is 319 g/mol. The molecule has 0 aromatic carbocycles. The summed E-state index contributed by atoms with van der Waals surface area (Å²) in [4.78, 5) is 12.1. The quantitative estimate of drug-likeness (QED) is 0.449. The van der Waals surface area contributed by atoms with Crippen LogP contribution in [0.25, 0.3) is 0 Å². The van der Waals surface area contributed by atoms with Gasteiger partial charge in [-0.05, 0) is 25.7 Å². The van der Waals surface area contributed by atoms with E-state index in [9.17, 15) is 4.79 Å². The molecule has 2 bridgehead atoms. The number of hydrogen-bond donors (Lipinski definition) is 0. The molecule has 0 aromatic heterocycles. The Labute approximate surface area is 110 Å². The maximum Gasteiger partial charge on any atom is 0.314 e. The largest absolute Gasteiger partial charge is 0.465 e. The molecule has 1 unspecified atom stereocenters. The molecule has 3 fully saturated rings. The van der Waals surface area contributed by atoms with Gasteiger partial charge in [0.15, 0.2) is 0 Å². The van der Waals surface area contributed by atoms with E-state index in [2.05, 4.69) is 36.4 Å². The van der Waals surface area contributed by atoms with E-state index in [1.54, 1.807) is 0 Å². The smallest absolute Gasteiger partial charge is 0.314 e. The summed E-state index contributed by atoms with van der Waals surface area (Å²) in [6.07, 6.45) is 1.75. The highest BCUT2D eigenvalue weighted by atomic mass is 127. The van der Waals surface area contributed by atoms with Gasteiger partial charge in [0.2, 0.25) is 0 Å². The summed E-state index contributed by atoms with van der Waals surface area (Å²) in [6.45, 7) is 6.56. The minimum atomic E-state index is -0.338. The highest BCUT2D eigenvalue weighted by Gasteiger charge is 2.72. The molecule has 2 saturated heterocycles. The van der Waals surface area contributed by atoms with Crippen LogP contribution in [0.15, 0.2) is 0 Å². The van der Waals surface area contributed by atoms with Crippen LogP contribution < -0.4 is 0 Å². The van der Waals surface area contributed by atoms with Gasteiger partial charge in [-0.3, -0.25) is 4.79 Å². The van der Waals surface area contributed by atoms with E-state index in [1.165, 1.54) is 0 Å². The lowest BCUT2D eigenvalue weighted by Gasteiger charge is -2.42. The second-order valence-electron chi connectivity index (χ2n) is 5.33. The lowest BCUT2D eigenvalue weighted by Crippen LogP contribution is -2.52. The number of fused-ring (bicyclic) bond motifs is 1. The molecule has 3 aliphatic rings. The maximum absolute atomic E-state index is 12.1. The molecular formula is C12H19IO3. The number of esters is 1. The Kier molecular flexibility index (Phi) is 3.25. The Balaban J connectivity index is 2.18. The lowest BCUT2D eigenvalue weighted by molar-refractivity contribution is -0.161. The van der Waals surface area contributed by atoms with Crippen LogP contribution in [0.2, 0.25) is 0 Å². The number of carbonyl (C=O) groups is 1. The first-order valence-corrected chi connectivity index (χ1v) is 7.43. The van der Waals surface area contributed by atoms with Gasteiger partial charge < -0.3 is 9.47 Å². The molecule has 0 aromatic rings. The lowest BCUT2D eigenvalue weighted by atomic mass is 9.59. The van der Waals surface area contributed by atoms with E-state index >= 15 is 0 Å². The van der Waals surface area contributed by atoms with Gasteiger partial charge in [-0.2, -0.15) is 0 Å². The molecule has 92 valence electrons. The van der Waals surface area contributed by atoms with Crippen molar-refractivity contribution in [2.24, 2.45) is 11.3 Å². The van der Waals surface area contributed by atoms with E-state index in [1.807, 2.05) is 6.92 Å². The monoisotopic (exact) mass is 338 g/mol. The predicted octanol–water partition coefficient (Wildman–Crippen LogP) is 2.56. The standard InChI is InChI=1S/C12H19IO3/c1-4-15-10(14)12-5-11(6-12,7-13)16-9(12)8(2)3/h8-9H,4-7H2,1-3H3. The van der Waals surface area contributed by atoms with Gasteiger partial charge in [-0.25, -0.2) is 0 Å². The Morgan fingerprint density at radius 1 is 1.56 bits per heavy atom. The van der Waals surface area contributed by atoms with Gasteiger partial charge >= 0.3 is 5.97 Å². The second-order valence-corrected chi connectivity index (χ2v) is 6.09. The maximum atomic E-state index is 12.1. The van der Waals surface area contributed by atoms with Crippen LogP contribution in [0.3, 0.4) is 0 Å². The van der Waals surface area contributed by atoms with Gasteiger partial charge in [0.25, 0.3) is 0 Å².